The van der Waals surface area contributed by atoms with Gasteiger partial charge in [-0.2, -0.15) is 5.10 Å². The van der Waals surface area contributed by atoms with Gasteiger partial charge >= 0.3 is 0 Å². The number of nitrogens with one attached hydrogen (secondary N) is 1. The Hall–Kier alpha value is -0.900. The van der Waals surface area contributed by atoms with E-state index in [4.69, 9.17) is 0 Å². The molecule has 0 unspecified atom stereocenters. The number of aryl methyl sites for hydroxylation is 3. The molecule has 0 bridgehead atoms. The molecule has 0 amide bonds. The predicted molar refractivity (Wildman–Crippen MR) is 73.7 cm³/mol. The molecule has 0 atom stereocenters. The Labute approximate surface area is 110 Å². The molecule has 0 radical (unpaired) electrons. The third kappa shape index (κ3) is 3.55. The van der Waals surface area contributed by atoms with Crippen molar-refractivity contribution in [2.24, 2.45) is 0 Å². The minimum atomic E-state index is 0.776. The Morgan fingerprint density at radius 3 is 2.67 bits per heavy atom. The van der Waals surface area contributed by atoms with Crippen molar-refractivity contribution in [3.63, 3.8) is 0 Å². The van der Waals surface area contributed by atoms with Crippen LogP contribution in [0.25, 0.3) is 0 Å². The van der Waals surface area contributed by atoms with Gasteiger partial charge in [0.15, 0.2) is 5.82 Å². The molecule has 0 aromatic carbocycles. The molecule has 1 N–H and O–H groups in total. The molecular formula is C14H26N4. The first-order valence-electron chi connectivity index (χ1n) is 7.49. The zero-order valence-electron chi connectivity index (χ0n) is 11.8. The van der Waals surface area contributed by atoms with Crippen LogP contribution >= 0.6 is 0 Å². The molecule has 18 heavy (non-hydrogen) atoms. The van der Waals surface area contributed by atoms with Crippen molar-refractivity contribution in [2.45, 2.75) is 71.4 Å². The quantitative estimate of drug-likeness (QED) is 0.755. The molecule has 0 saturated heterocycles. The van der Waals surface area contributed by atoms with Crippen molar-refractivity contribution in [2.75, 3.05) is 6.54 Å². The number of aromatic nitrogens is 3. The number of rotatable bonds is 7. The standard InChI is InChI=1S/C14H26N4/c1-3-13-16-14(4-2)18(17-13)11-7-10-15-12-8-5-6-9-12/h12,15H,3-11H2,1-2H3. The van der Waals surface area contributed by atoms with Crippen molar-refractivity contribution in [1.29, 1.82) is 0 Å². The Morgan fingerprint density at radius 2 is 2.00 bits per heavy atom. The van der Waals surface area contributed by atoms with Gasteiger partial charge in [0, 0.05) is 25.4 Å². The molecule has 4 heteroatoms. The SMILES string of the molecule is CCc1nc(CC)n(CCCNC2CCCC2)n1. The summed E-state index contributed by atoms with van der Waals surface area (Å²) in [5, 5.41) is 8.20. The van der Waals surface area contributed by atoms with Gasteiger partial charge < -0.3 is 5.32 Å². The normalized spacial score (nSPS) is 16.6. The molecule has 1 saturated carbocycles. The highest BCUT2D eigenvalue weighted by molar-refractivity contribution is 4.92. The van der Waals surface area contributed by atoms with Crippen LogP contribution in [0.5, 0.6) is 0 Å². The third-order valence-corrected chi connectivity index (χ3v) is 3.76. The van der Waals surface area contributed by atoms with E-state index in [-0.39, 0.29) is 0 Å². The predicted octanol–water partition coefficient (Wildman–Crippen LogP) is 2.33. The maximum absolute atomic E-state index is 4.55. The molecular weight excluding hydrogens is 224 g/mol. The zero-order chi connectivity index (χ0) is 12.8. The van der Waals surface area contributed by atoms with E-state index >= 15 is 0 Å². The Balaban J connectivity index is 1.73. The molecule has 2 rings (SSSR count). The summed E-state index contributed by atoms with van der Waals surface area (Å²) in [6.07, 6.45) is 8.59. The Bertz CT molecular complexity index is 353. The van der Waals surface area contributed by atoms with Gasteiger partial charge in [0.1, 0.15) is 5.82 Å². The van der Waals surface area contributed by atoms with Crippen LogP contribution in [0.2, 0.25) is 0 Å². The van der Waals surface area contributed by atoms with Gasteiger partial charge in [-0.05, 0) is 25.8 Å². The van der Waals surface area contributed by atoms with Crippen LogP contribution in [-0.4, -0.2) is 27.4 Å². The first kappa shape index (κ1) is 13.5. The smallest absolute Gasteiger partial charge is 0.150 e. The summed E-state index contributed by atoms with van der Waals surface area (Å²) in [6.45, 7) is 6.36. The van der Waals surface area contributed by atoms with Crippen molar-refractivity contribution < 1.29 is 0 Å². The van der Waals surface area contributed by atoms with Gasteiger partial charge in [0.05, 0.1) is 0 Å². The van der Waals surface area contributed by atoms with Crippen molar-refractivity contribution in [1.82, 2.24) is 20.1 Å². The van der Waals surface area contributed by atoms with E-state index in [1.165, 1.54) is 25.7 Å². The summed E-state index contributed by atoms with van der Waals surface area (Å²) in [4.78, 5) is 4.53. The minimum absolute atomic E-state index is 0.776. The second-order valence-corrected chi connectivity index (χ2v) is 5.16. The summed E-state index contributed by atoms with van der Waals surface area (Å²) in [5.74, 6) is 2.11. The number of hydrogen-bond donors (Lipinski definition) is 1. The van der Waals surface area contributed by atoms with E-state index < -0.39 is 0 Å². The summed E-state index contributed by atoms with van der Waals surface area (Å²) < 4.78 is 2.09. The maximum atomic E-state index is 4.55. The minimum Gasteiger partial charge on any atom is -0.314 e. The average Bonchev–Trinajstić information content (AvgIpc) is 3.03. The van der Waals surface area contributed by atoms with Crippen LogP contribution in [0.4, 0.5) is 0 Å². The summed E-state index contributed by atoms with van der Waals surface area (Å²) in [6, 6.07) is 0.776. The molecule has 1 aliphatic carbocycles. The van der Waals surface area contributed by atoms with Gasteiger partial charge in [0.25, 0.3) is 0 Å². The van der Waals surface area contributed by atoms with E-state index in [2.05, 4.69) is 33.9 Å². The van der Waals surface area contributed by atoms with Gasteiger partial charge in [-0.3, -0.25) is 0 Å². The monoisotopic (exact) mass is 250 g/mol. The molecule has 1 heterocycles. The van der Waals surface area contributed by atoms with E-state index in [1.54, 1.807) is 0 Å². The second-order valence-electron chi connectivity index (χ2n) is 5.16. The van der Waals surface area contributed by atoms with Crippen molar-refractivity contribution in [3.05, 3.63) is 11.6 Å². The van der Waals surface area contributed by atoms with Gasteiger partial charge in [-0.15, -0.1) is 0 Å². The first-order valence-corrected chi connectivity index (χ1v) is 7.49. The lowest BCUT2D eigenvalue weighted by molar-refractivity contribution is 0.475. The fourth-order valence-electron chi connectivity index (χ4n) is 2.68. The molecule has 102 valence electrons. The first-order chi connectivity index (χ1) is 8.83. The number of hydrogen-bond acceptors (Lipinski definition) is 3. The fraction of sp³-hybridized carbons (Fsp3) is 0.857. The highest BCUT2D eigenvalue weighted by Crippen LogP contribution is 2.17. The van der Waals surface area contributed by atoms with Gasteiger partial charge in [0.2, 0.25) is 0 Å². The fourth-order valence-corrected chi connectivity index (χ4v) is 2.68. The average molecular weight is 250 g/mol. The van der Waals surface area contributed by atoms with E-state index in [9.17, 15) is 0 Å². The molecule has 1 fully saturated rings. The van der Waals surface area contributed by atoms with Crippen molar-refractivity contribution in [3.8, 4) is 0 Å². The lowest BCUT2D eigenvalue weighted by atomic mass is 10.2. The molecule has 0 spiro atoms. The maximum Gasteiger partial charge on any atom is 0.150 e. The van der Waals surface area contributed by atoms with Crippen LogP contribution in [0.15, 0.2) is 0 Å². The molecule has 1 aliphatic rings. The summed E-state index contributed by atoms with van der Waals surface area (Å²) in [7, 11) is 0. The van der Waals surface area contributed by atoms with Crippen LogP contribution in [-0.2, 0) is 19.4 Å². The molecule has 4 nitrogen and oxygen atoms in total. The van der Waals surface area contributed by atoms with Gasteiger partial charge in [-0.25, -0.2) is 9.67 Å². The van der Waals surface area contributed by atoms with Crippen molar-refractivity contribution >= 4 is 0 Å². The summed E-state index contributed by atoms with van der Waals surface area (Å²) in [5.41, 5.74) is 0. The zero-order valence-corrected chi connectivity index (χ0v) is 11.8. The van der Waals surface area contributed by atoms with E-state index in [0.29, 0.717) is 0 Å². The second kappa shape index (κ2) is 6.88. The highest BCUT2D eigenvalue weighted by atomic mass is 15.3. The number of nitrogens with zero attached hydrogens (tertiary/aromatic N) is 3. The Morgan fingerprint density at radius 1 is 1.22 bits per heavy atom. The van der Waals surface area contributed by atoms with E-state index in [1.807, 2.05) is 0 Å². The van der Waals surface area contributed by atoms with E-state index in [0.717, 1.165) is 50.0 Å². The third-order valence-electron chi connectivity index (χ3n) is 3.76. The topological polar surface area (TPSA) is 42.7 Å². The molecule has 1 aromatic heterocycles. The van der Waals surface area contributed by atoms with Crippen LogP contribution in [0, 0.1) is 0 Å². The molecule has 0 aliphatic heterocycles. The molecule has 1 aromatic rings. The van der Waals surface area contributed by atoms with Crippen LogP contribution in [0.1, 0.15) is 57.6 Å². The lowest BCUT2D eigenvalue weighted by Crippen LogP contribution is -2.27. The van der Waals surface area contributed by atoms with Crippen LogP contribution < -0.4 is 5.32 Å². The summed E-state index contributed by atoms with van der Waals surface area (Å²) >= 11 is 0. The Kier molecular flexibility index (Phi) is 5.17. The van der Waals surface area contributed by atoms with Gasteiger partial charge in [-0.1, -0.05) is 26.7 Å². The largest absolute Gasteiger partial charge is 0.314 e. The lowest BCUT2D eigenvalue weighted by Gasteiger charge is -2.11. The highest BCUT2D eigenvalue weighted by Gasteiger charge is 2.13. The van der Waals surface area contributed by atoms with Crippen LogP contribution in [0.3, 0.4) is 0 Å².